The van der Waals surface area contributed by atoms with Gasteiger partial charge in [-0.2, -0.15) is 0 Å². The van der Waals surface area contributed by atoms with Gasteiger partial charge in [0.05, 0.1) is 0 Å². The second-order valence-corrected chi connectivity index (χ2v) is 2.45. The highest BCUT2D eigenvalue weighted by atomic mass is 35.5. The van der Waals surface area contributed by atoms with Crippen LogP contribution in [0.5, 0.6) is 0 Å². The van der Waals surface area contributed by atoms with Gasteiger partial charge in [-0.25, -0.2) is 0 Å². The van der Waals surface area contributed by atoms with E-state index in [1.165, 1.54) is 25.9 Å². The van der Waals surface area contributed by atoms with Gasteiger partial charge in [0, 0.05) is 0 Å². The van der Waals surface area contributed by atoms with Crippen LogP contribution >= 0.6 is 12.4 Å². The molecule has 0 aromatic heterocycles. The standard InChI is InChI=1S/C6H13N.C2H6.ClH/c1-6-3-2-4-7-5-6;1-2;/h6-7H,2-5H2,1H3;1-2H3;1H/t6-;;/m1../s1. The summed E-state index contributed by atoms with van der Waals surface area (Å²) in [6.45, 7) is 8.77. The zero-order valence-electron chi connectivity index (χ0n) is 7.31. The summed E-state index contributed by atoms with van der Waals surface area (Å²) >= 11 is 0. The van der Waals surface area contributed by atoms with Crippen molar-refractivity contribution in [3.05, 3.63) is 0 Å². The van der Waals surface area contributed by atoms with Gasteiger partial charge < -0.3 is 5.32 Å². The highest BCUT2D eigenvalue weighted by molar-refractivity contribution is 5.85. The average Bonchev–Trinajstić information content (AvgIpc) is 1.94. The maximum Gasteiger partial charge on any atom is -0.00231 e. The Morgan fingerprint density at radius 3 is 2.10 bits per heavy atom. The molecular formula is C8H20ClN. The molecule has 0 aromatic rings. The largest absolute Gasteiger partial charge is 0.316 e. The van der Waals surface area contributed by atoms with E-state index in [0.29, 0.717) is 0 Å². The lowest BCUT2D eigenvalue weighted by atomic mass is 10.0. The highest BCUT2D eigenvalue weighted by Gasteiger charge is 2.04. The Kier molecular flexibility index (Phi) is 11.9. The van der Waals surface area contributed by atoms with Gasteiger partial charge in [-0.05, 0) is 31.8 Å². The minimum absolute atomic E-state index is 0. The molecule has 0 aromatic carbocycles. The summed E-state index contributed by atoms with van der Waals surface area (Å²) in [5.41, 5.74) is 0. The molecular weight excluding hydrogens is 146 g/mol. The van der Waals surface area contributed by atoms with E-state index in [0.717, 1.165) is 5.92 Å². The number of hydrogen-bond acceptors (Lipinski definition) is 1. The van der Waals surface area contributed by atoms with E-state index >= 15 is 0 Å². The van der Waals surface area contributed by atoms with E-state index in [4.69, 9.17) is 0 Å². The number of nitrogens with one attached hydrogen (secondary N) is 1. The van der Waals surface area contributed by atoms with Gasteiger partial charge in [-0.1, -0.05) is 20.8 Å². The molecule has 0 saturated carbocycles. The third-order valence-electron chi connectivity index (χ3n) is 1.54. The van der Waals surface area contributed by atoms with Crippen LogP contribution in [0.15, 0.2) is 0 Å². The molecule has 0 amide bonds. The number of piperidine rings is 1. The van der Waals surface area contributed by atoms with Gasteiger partial charge in [-0.3, -0.25) is 0 Å². The lowest BCUT2D eigenvalue weighted by molar-refractivity contribution is 0.405. The van der Waals surface area contributed by atoms with Gasteiger partial charge in [0.1, 0.15) is 0 Å². The van der Waals surface area contributed by atoms with Crippen LogP contribution in [0.2, 0.25) is 0 Å². The van der Waals surface area contributed by atoms with Crippen molar-refractivity contribution in [3.8, 4) is 0 Å². The Balaban J connectivity index is 0. The maximum atomic E-state index is 3.33. The molecule has 0 unspecified atom stereocenters. The first-order valence-corrected chi connectivity index (χ1v) is 4.10. The Morgan fingerprint density at radius 1 is 1.30 bits per heavy atom. The van der Waals surface area contributed by atoms with Crippen LogP contribution in [-0.4, -0.2) is 13.1 Å². The molecule has 1 heterocycles. The van der Waals surface area contributed by atoms with E-state index in [1.807, 2.05) is 13.8 Å². The summed E-state index contributed by atoms with van der Waals surface area (Å²) in [4.78, 5) is 0. The van der Waals surface area contributed by atoms with Crippen molar-refractivity contribution in [3.63, 3.8) is 0 Å². The van der Waals surface area contributed by atoms with Crippen molar-refractivity contribution >= 4 is 12.4 Å². The predicted molar refractivity (Wildman–Crippen MR) is 49.9 cm³/mol. The van der Waals surface area contributed by atoms with Crippen LogP contribution in [0.25, 0.3) is 0 Å². The quantitative estimate of drug-likeness (QED) is 0.582. The Hall–Kier alpha value is 0.250. The molecule has 1 rings (SSSR count). The smallest absolute Gasteiger partial charge is 0.00231 e. The molecule has 1 nitrogen and oxygen atoms in total. The first-order chi connectivity index (χ1) is 4.39. The fraction of sp³-hybridized carbons (Fsp3) is 1.00. The van der Waals surface area contributed by atoms with Crippen LogP contribution in [0, 0.1) is 5.92 Å². The van der Waals surface area contributed by atoms with Crippen LogP contribution in [0.4, 0.5) is 0 Å². The molecule has 2 heteroatoms. The monoisotopic (exact) mass is 165 g/mol. The third-order valence-corrected chi connectivity index (χ3v) is 1.54. The molecule has 0 aliphatic carbocycles. The minimum Gasteiger partial charge on any atom is -0.316 e. The van der Waals surface area contributed by atoms with Gasteiger partial charge in [-0.15, -0.1) is 12.4 Å². The summed E-state index contributed by atoms with van der Waals surface area (Å²) in [7, 11) is 0. The minimum atomic E-state index is 0. The second kappa shape index (κ2) is 9.25. The SMILES string of the molecule is CC.C[C@@H]1CCCNC1.Cl. The van der Waals surface area contributed by atoms with Crippen molar-refractivity contribution in [1.82, 2.24) is 5.32 Å². The van der Waals surface area contributed by atoms with Crippen LogP contribution in [0.3, 0.4) is 0 Å². The average molecular weight is 166 g/mol. The van der Waals surface area contributed by atoms with Gasteiger partial charge >= 0.3 is 0 Å². The number of halogens is 1. The topological polar surface area (TPSA) is 12.0 Å². The molecule has 0 bridgehead atoms. The van der Waals surface area contributed by atoms with Gasteiger partial charge in [0.15, 0.2) is 0 Å². The van der Waals surface area contributed by atoms with Crippen molar-refractivity contribution in [2.75, 3.05) is 13.1 Å². The Morgan fingerprint density at radius 2 is 1.90 bits per heavy atom. The zero-order valence-corrected chi connectivity index (χ0v) is 8.13. The second-order valence-electron chi connectivity index (χ2n) is 2.45. The molecule has 10 heavy (non-hydrogen) atoms. The van der Waals surface area contributed by atoms with Crippen LogP contribution in [0.1, 0.15) is 33.6 Å². The maximum absolute atomic E-state index is 3.33. The first kappa shape index (κ1) is 12.9. The summed E-state index contributed by atoms with van der Waals surface area (Å²) in [5, 5.41) is 3.33. The van der Waals surface area contributed by atoms with E-state index in [2.05, 4.69) is 12.2 Å². The molecule has 1 fully saturated rings. The van der Waals surface area contributed by atoms with Crippen LogP contribution in [-0.2, 0) is 0 Å². The fourth-order valence-electron chi connectivity index (χ4n) is 1.03. The van der Waals surface area contributed by atoms with Gasteiger partial charge in [0.2, 0.25) is 0 Å². The molecule has 1 aliphatic heterocycles. The molecule has 1 aliphatic rings. The molecule has 1 saturated heterocycles. The zero-order chi connectivity index (χ0) is 7.11. The van der Waals surface area contributed by atoms with E-state index in [-0.39, 0.29) is 12.4 Å². The number of rotatable bonds is 0. The molecule has 0 spiro atoms. The van der Waals surface area contributed by atoms with Crippen molar-refractivity contribution in [1.29, 1.82) is 0 Å². The molecule has 1 atom stereocenters. The number of hydrogen-bond donors (Lipinski definition) is 1. The molecule has 1 N–H and O–H groups in total. The van der Waals surface area contributed by atoms with E-state index in [1.54, 1.807) is 0 Å². The fourth-order valence-corrected chi connectivity index (χ4v) is 1.03. The molecule has 0 radical (unpaired) electrons. The van der Waals surface area contributed by atoms with E-state index in [9.17, 15) is 0 Å². The third kappa shape index (κ3) is 6.37. The lowest BCUT2D eigenvalue weighted by Gasteiger charge is -2.17. The summed E-state index contributed by atoms with van der Waals surface area (Å²) < 4.78 is 0. The normalized spacial score (nSPS) is 23.7. The van der Waals surface area contributed by atoms with Crippen LogP contribution < -0.4 is 5.32 Å². The van der Waals surface area contributed by atoms with Gasteiger partial charge in [0.25, 0.3) is 0 Å². The van der Waals surface area contributed by atoms with E-state index < -0.39 is 0 Å². The summed E-state index contributed by atoms with van der Waals surface area (Å²) in [6.07, 6.45) is 2.80. The first-order valence-electron chi connectivity index (χ1n) is 4.10. The summed E-state index contributed by atoms with van der Waals surface area (Å²) in [6, 6.07) is 0. The highest BCUT2D eigenvalue weighted by Crippen LogP contribution is 2.06. The van der Waals surface area contributed by atoms with Crippen molar-refractivity contribution < 1.29 is 0 Å². The predicted octanol–water partition coefficient (Wildman–Crippen LogP) is 2.45. The van der Waals surface area contributed by atoms with Crippen molar-refractivity contribution in [2.24, 2.45) is 5.92 Å². The molecule has 64 valence electrons. The van der Waals surface area contributed by atoms with Crippen molar-refractivity contribution in [2.45, 2.75) is 33.6 Å². The Bertz CT molecular complexity index is 51.2. The Labute approximate surface area is 71.0 Å². The lowest BCUT2D eigenvalue weighted by Crippen LogP contribution is -2.27. The summed E-state index contributed by atoms with van der Waals surface area (Å²) in [5.74, 6) is 0.925.